The highest BCUT2D eigenvalue weighted by atomic mass is 32.2. The highest BCUT2D eigenvalue weighted by Gasteiger charge is 2.28. The van der Waals surface area contributed by atoms with Gasteiger partial charge in [-0.2, -0.15) is 8.42 Å². The van der Waals surface area contributed by atoms with Gasteiger partial charge in [0.1, 0.15) is 11.6 Å². The number of nitrogens with one attached hydrogen (secondary N) is 1. The van der Waals surface area contributed by atoms with Crippen molar-refractivity contribution in [3.8, 4) is 5.75 Å². The average Bonchev–Trinajstić information content (AvgIpc) is 3.11. The van der Waals surface area contributed by atoms with E-state index in [-0.39, 0.29) is 17.8 Å². The molecule has 0 radical (unpaired) electrons. The van der Waals surface area contributed by atoms with Crippen molar-refractivity contribution in [2.75, 3.05) is 13.7 Å². The Morgan fingerprint density at radius 1 is 1.12 bits per heavy atom. The fourth-order valence-corrected chi connectivity index (χ4v) is 4.82. The first-order chi connectivity index (χ1) is 15.8. The van der Waals surface area contributed by atoms with Crippen LogP contribution >= 0.6 is 0 Å². The molecule has 9 nitrogen and oxygen atoms in total. The minimum Gasteiger partial charge on any atom is -0.496 e. The number of hydrogen-bond acceptors (Lipinski definition) is 5. The van der Waals surface area contributed by atoms with Gasteiger partial charge in [-0.3, -0.25) is 9.10 Å². The van der Waals surface area contributed by atoms with E-state index in [1.807, 2.05) is 35.9 Å². The highest BCUT2D eigenvalue weighted by molar-refractivity contribution is 7.88. The summed E-state index contributed by atoms with van der Waals surface area (Å²) in [4.78, 5) is 17.5. The molecular weight excluding hydrogens is 442 g/mol. The SMILES string of the molecule is COc1ccccc1CN1C=C(C(=O)NCCc2nc3ccccc3n2C)C(C)=NS1(=O)=O. The topological polar surface area (TPSA) is 106 Å². The average molecular weight is 468 g/mol. The van der Waals surface area contributed by atoms with Crippen LogP contribution in [0.1, 0.15) is 18.3 Å². The van der Waals surface area contributed by atoms with Gasteiger partial charge < -0.3 is 14.6 Å². The second-order valence-electron chi connectivity index (χ2n) is 7.64. The third kappa shape index (κ3) is 4.61. The maximum Gasteiger partial charge on any atom is 0.344 e. The van der Waals surface area contributed by atoms with E-state index in [4.69, 9.17) is 4.74 Å². The Hall–Kier alpha value is -3.66. The van der Waals surface area contributed by atoms with Crippen molar-refractivity contribution in [1.29, 1.82) is 0 Å². The van der Waals surface area contributed by atoms with Crippen LogP contribution in [0.2, 0.25) is 0 Å². The first-order valence-corrected chi connectivity index (χ1v) is 11.8. The van der Waals surface area contributed by atoms with E-state index < -0.39 is 16.1 Å². The maximum atomic E-state index is 12.9. The van der Waals surface area contributed by atoms with Crippen molar-refractivity contribution >= 4 is 32.9 Å². The van der Waals surface area contributed by atoms with Crippen LogP contribution in [0.4, 0.5) is 0 Å². The zero-order valence-electron chi connectivity index (χ0n) is 18.6. The summed E-state index contributed by atoms with van der Waals surface area (Å²) in [6, 6.07) is 14.9. The van der Waals surface area contributed by atoms with Gasteiger partial charge in [-0.15, -0.1) is 4.40 Å². The molecular formula is C23H25N5O4S. The van der Waals surface area contributed by atoms with Crippen molar-refractivity contribution in [2.24, 2.45) is 11.4 Å². The summed E-state index contributed by atoms with van der Waals surface area (Å²) < 4.78 is 37.3. The van der Waals surface area contributed by atoms with Crippen LogP contribution < -0.4 is 10.1 Å². The number of hydrogen-bond donors (Lipinski definition) is 1. The number of methoxy groups -OCH3 is 1. The minimum atomic E-state index is -3.95. The van der Waals surface area contributed by atoms with Crippen molar-refractivity contribution < 1.29 is 17.9 Å². The van der Waals surface area contributed by atoms with Crippen LogP contribution in [0.15, 0.2) is 64.7 Å². The number of rotatable bonds is 7. The molecule has 0 fully saturated rings. The van der Waals surface area contributed by atoms with Crippen molar-refractivity contribution in [3.63, 3.8) is 0 Å². The molecule has 0 aliphatic carbocycles. The van der Waals surface area contributed by atoms with Crippen LogP contribution in [0, 0.1) is 0 Å². The van der Waals surface area contributed by atoms with E-state index in [0.717, 1.165) is 21.2 Å². The maximum absolute atomic E-state index is 12.9. The van der Waals surface area contributed by atoms with Gasteiger partial charge in [-0.25, -0.2) is 4.98 Å². The van der Waals surface area contributed by atoms with Gasteiger partial charge in [0.25, 0.3) is 5.91 Å². The molecule has 1 aliphatic rings. The molecule has 10 heteroatoms. The number of para-hydroxylation sites is 3. The second-order valence-corrected chi connectivity index (χ2v) is 9.18. The number of nitrogens with zero attached hydrogens (tertiary/aromatic N) is 4. The summed E-state index contributed by atoms with van der Waals surface area (Å²) in [6.45, 7) is 1.86. The van der Waals surface area contributed by atoms with E-state index >= 15 is 0 Å². The minimum absolute atomic E-state index is 0.000232. The molecule has 0 saturated carbocycles. The summed E-state index contributed by atoms with van der Waals surface area (Å²) in [6.07, 6.45) is 1.86. The molecule has 33 heavy (non-hydrogen) atoms. The van der Waals surface area contributed by atoms with Gasteiger partial charge in [0.05, 0.1) is 36.0 Å². The van der Waals surface area contributed by atoms with Gasteiger partial charge >= 0.3 is 10.2 Å². The fourth-order valence-electron chi connectivity index (χ4n) is 3.73. The summed E-state index contributed by atoms with van der Waals surface area (Å²) in [5, 5.41) is 2.85. The lowest BCUT2D eigenvalue weighted by molar-refractivity contribution is -0.117. The Labute approximate surface area is 192 Å². The van der Waals surface area contributed by atoms with E-state index in [1.165, 1.54) is 20.2 Å². The van der Waals surface area contributed by atoms with E-state index in [1.54, 1.807) is 24.3 Å². The Morgan fingerprint density at radius 2 is 1.85 bits per heavy atom. The normalized spacial score (nSPS) is 15.2. The number of amides is 1. The second kappa shape index (κ2) is 9.07. The van der Waals surface area contributed by atoms with Gasteiger partial charge in [0.2, 0.25) is 0 Å². The summed E-state index contributed by atoms with van der Waals surface area (Å²) in [7, 11) is -0.493. The Kier molecular flexibility index (Phi) is 6.19. The molecule has 172 valence electrons. The largest absolute Gasteiger partial charge is 0.496 e. The lowest BCUT2D eigenvalue weighted by Crippen LogP contribution is -2.36. The molecule has 0 atom stereocenters. The van der Waals surface area contributed by atoms with Gasteiger partial charge in [-0.1, -0.05) is 30.3 Å². The Morgan fingerprint density at radius 3 is 2.61 bits per heavy atom. The Bertz CT molecular complexity index is 1370. The number of carbonyl (C=O) groups excluding carboxylic acids is 1. The lowest BCUT2D eigenvalue weighted by Gasteiger charge is -2.24. The van der Waals surface area contributed by atoms with Crippen LogP contribution in [0.25, 0.3) is 11.0 Å². The van der Waals surface area contributed by atoms with Crippen molar-refractivity contribution in [3.05, 3.63) is 71.7 Å². The zero-order chi connectivity index (χ0) is 23.6. The van der Waals surface area contributed by atoms with Crippen LogP contribution in [-0.2, 0) is 35.0 Å². The van der Waals surface area contributed by atoms with Crippen molar-refractivity contribution in [1.82, 2.24) is 19.2 Å². The van der Waals surface area contributed by atoms with E-state index in [0.29, 0.717) is 24.3 Å². The number of ether oxygens (including phenoxy) is 1. The molecule has 1 N–H and O–H groups in total. The molecule has 2 heterocycles. The molecule has 1 amide bonds. The first-order valence-electron chi connectivity index (χ1n) is 10.4. The summed E-state index contributed by atoms with van der Waals surface area (Å²) >= 11 is 0. The molecule has 1 aliphatic heterocycles. The predicted octanol–water partition coefficient (Wildman–Crippen LogP) is 2.35. The van der Waals surface area contributed by atoms with Crippen LogP contribution in [0.5, 0.6) is 5.75 Å². The third-order valence-electron chi connectivity index (χ3n) is 5.49. The summed E-state index contributed by atoms with van der Waals surface area (Å²) in [5.74, 6) is 1.01. The number of fused-ring (bicyclic) bond motifs is 1. The highest BCUT2D eigenvalue weighted by Crippen LogP contribution is 2.24. The summed E-state index contributed by atoms with van der Waals surface area (Å²) in [5.41, 5.74) is 2.93. The molecule has 0 bridgehead atoms. The molecule has 1 aromatic heterocycles. The molecule has 0 spiro atoms. The first kappa shape index (κ1) is 22.5. The molecule has 2 aromatic carbocycles. The number of benzene rings is 2. The monoisotopic (exact) mass is 467 g/mol. The van der Waals surface area contributed by atoms with E-state index in [9.17, 15) is 13.2 Å². The Balaban J connectivity index is 1.48. The lowest BCUT2D eigenvalue weighted by atomic mass is 10.1. The van der Waals surface area contributed by atoms with Crippen molar-refractivity contribution in [2.45, 2.75) is 19.9 Å². The standard InChI is InChI=1S/C23H25N5O4S/c1-16-18(15-28(33(30,31)26-16)14-17-8-4-7-11-21(17)32-3)23(29)24-13-12-22-25-19-9-5-6-10-20(19)27(22)2/h4-11,15H,12-14H2,1-3H3,(H,24,29). The number of aromatic nitrogens is 2. The van der Waals surface area contributed by atoms with Gasteiger partial charge in [-0.05, 0) is 25.1 Å². The molecule has 3 aromatic rings. The van der Waals surface area contributed by atoms with E-state index in [2.05, 4.69) is 14.7 Å². The molecule has 0 saturated heterocycles. The zero-order valence-corrected chi connectivity index (χ0v) is 19.5. The quantitative estimate of drug-likeness (QED) is 0.574. The molecule has 0 unspecified atom stereocenters. The number of imidazole rings is 1. The predicted molar refractivity (Wildman–Crippen MR) is 126 cm³/mol. The smallest absolute Gasteiger partial charge is 0.344 e. The fraction of sp³-hybridized carbons (Fsp3) is 0.261. The number of aryl methyl sites for hydroxylation is 1. The van der Waals surface area contributed by atoms with Gasteiger partial charge in [0, 0.05) is 31.8 Å². The number of carbonyl (C=O) groups is 1. The van der Waals surface area contributed by atoms with Crippen LogP contribution in [-0.4, -0.2) is 47.5 Å². The van der Waals surface area contributed by atoms with Gasteiger partial charge in [0.15, 0.2) is 0 Å². The van der Waals surface area contributed by atoms with Crippen LogP contribution in [0.3, 0.4) is 0 Å². The third-order valence-corrected chi connectivity index (χ3v) is 6.82. The molecule has 4 rings (SSSR count).